The van der Waals surface area contributed by atoms with Gasteiger partial charge in [-0.25, -0.2) is 14.8 Å². The maximum atomic E-state index is 11.6. The molecule has 0 fully saturated rings. The molecule has 1 aromatic heterocycles. The van der Waals surface area contributed by atoms with Crippen molar-refractivity contribution >= 4 is 57.0 Å². The molecule has 10 heteroatoms. The molecule has 28 heavy (non-hydrogen) atoms. The molecule has 1 N–H and O–H groups in total. The molecule has 0 bridgehead atoms. The molecule has 2 aromatic carbocycles. The van der Waals surface area contributed by atoms with Gasteiger partial charge in [0.15, 0.2) is 0 Å². The maximum absolute atomic E-state index is 11.6. The fraction of sp³-hybridized carbons (Fsp3) is 0.0556. The van der Waals surface area contributed by atoms with Crippen LogP contribution in [0.3, 0.4) is 0 Å². The Morgan fingerprint density at radius 1 is 1.21 bits per heavy atom. The molecule has 0 radical (unpaired) electrons. The number of para-hydroxylation sites is 1. The molecule has 0 saturated carbocycles. The molecule has 0 saturated heterocycles. The predicted molar refractivity (Wildman–Crippen MR) is 109 cm³/mol. The largest absolute Gasteiger partial charge is 0.477 e. The first-order valence-electron chi connectivity index (χ1n) is 7.79. The SMILES string of the molecule is O=C(O)C(Cc1ccccc1[N+](=O)[O-])=Nc1nc(-c2ccc(Cl)c(Cl)c2)cs1. The number of hydrogen-bond donors (Lipinski definition) is 1. The van der Waals surface area contributed by atoms with Gasteiger partial charge in [-0.1, -0.05) is 47.5 Å². The van der Waals surface area contributed by atoms with Crippen molar-refractivity contribution in [1.82, 2.24) is 4.98 Å². The Kier molecular flexibility index (Phi) is 6.03. The van der Waals surface area contributed by atoms with Gasteiger partial charge < -0.3 is 5.11 Å². The average Bonchev–Trinajstić information content (AvgIpc) is 3.12. The number of hydrogen-bond acceptors (Lipinski definition) is 6. The number of aliphatic carboxylic acids is 1. The van der Waals surface area contributed by atoms with E-state index in [0.717, 1.165) is 11.3 Å². The number of thiazole rings is 1. The molecule has 0 aliphatic rings. The van der Waals surface area contributed by atoms with Crippen molar-refractivity contribution in [3.05, 3.63) is 73.6 Å². The van der Waals surface area contributed by atoms with E-state index in [0.29, 0.717) is 21.3 Å². The number of nitro groups is 1. The molecule has 0 unspecified atom stereocenters. The highest BCUT2D eigenvalue weighted by Gasteiger charge is 2.19. The second-order valence-corrected chi connectivity index (χ2v) is 7.22. The van der Waals surface area contributed by atoms with Crippen LogP contribution in [-0.4, -0.2) is 26.7 Å². The van der Waals surface area contributed by atoms with Crippen LogP contribution < -0.4 is 0 Å². The lowest BCUT2D eigenvalue weighted by Crippen LogP contribution is -2.16. The Balaban J connectivity index is 1.92. The number of nitro benzene ring substituents is 1. The molecule has 7 nitrogen and oxygen atoms in total. The summed E-state index contributed by atoms with van der Waals surface area (Å²) in [5.74, 6) is -1.27. The minimum absolute atomic E-state index is 0.160. The van der Waals surface area contributed by atoms with E-state index in [9.17, 15) is 20.0 Å². The molecule has 0 atom stereocenters. The Bertz CT molecular complexity index is 1100. The predicted octanol–water partition coefficient (Wildman–Crippen LogP) is 5.42. The average molecular weight is 436 g/mol. The van der Waals surface area contributed by atoms with Gasteiger partial charge in [-0.05, 0) is 12.1 Å². The van der Waals surface area contributed by atoms with Crippen molar-refractivity contribution < 1.29 is 14.8 Å². The van der Waals surface area contributed by atoms with Crippen molar-refractivity contribution in [2.45, 2.75) is 6.42 Å². The molecule has 0 amide bonds. The summed E-state index contributed by atoms with van der Waals surface area (Å²) in [7, 11) is 0. The van der Waals surface area contributed by atoms with E-state index in [2.05, 4.69) is 9.98 Å². The lowest BCUT2D eigenvalue weighted by Gasteiger charge is -2.03. The lowest BCUT2D eigenvalue weighted by atomic mass is 10.1. The minimum atomic E-state index is -1.27. The van der Waals surface area contributed by atoms with E-state index in [1.54, 1.807) is 29.6 Å². The Labute approximate surface area is 173 Å². The van der Waals surface area contributed by atoms with E-state index in [1.165, 1.54) is 18.2 Å². The number of aliphatic imine (C=N–C) groups is 1. The molecular formula is C18H11Cl2N3O4S. The zero-order valence-electron chi connectivity index (χ0n) is 14.0. The summed E-state index contributed by atoms with van der Waals surface area (Å²) >= 11 is 13.1. The van der Waals surface area contributed by atoms with Crippen LogP contribution in [-0.2, 0) is 11.2 Å². The van der Waals surface area contributed by atoms with Crippen LogP contribution in [0.1, 0.15) is 5.56 Å². The number of carboxylic acids is 1. The van der Waals surface area contributed by atoms with Gasteiger partial charge in [0, 0.05) is 29.0 Å². The minimum Gasteiger partial charge on any atom is -0.477 e. The van der Waals surface area contributed by atoms with Crippen molar-refractivity contribution in [3.63, 3.8) is 0 Å². The zero-order chi connectivity index (χ0) is 20.3. The van der Waals surface area contributed by atoms with Crippen molar-refractivity contribution in [3.8, 4) is 11.3 Å². The van der Waals surface area contributed by atoms with Crippen LogP contribution in [0, 0.1) is 10.1 Å². The van der Waals surface area contributed by atoms with E-state index in [4.69, 9.17) is 23.2 Å². The number of carboxylic acid groups (broad SMARTS) is 1. The van der Waals surface area contributed by atoms with Gasteiger partial charge in [-0.2, -0.15) is 0 Å². The van der Waals surface area contributed by atoms with Gasteiger partial charge in [0.1, 0.15) is 5.71 Å². The van der Waals surface area contributed by atoms with E-state index >= 15 is 0 Å². The number of halogens is 2. The molecule has 0 spiro atoms. The van der Waals surface area contributed by atoms with Crippen LogP contribution in [0.2, 0.25) is 10.0 Å². The number of aromatic nitrogens is 1. The summed E-state index contributed by atoms with van der Waals surface area (Å²) in [6.45, 7) is 0. The molecule has 0 aliphatic carbocycles. The first-order valence-corrected chi connectivity index (χ1v) is 9.43. The van der Waals surface area contributed by atoms with Crippen molar-refractivity contribution in [2.24, 2.45) is 4.99 Å². The van der Waals surface area contributed by atoms with Gasteiger partial charge in [-0.3, -0.25) is 10.1 Å². The van der Waals surface area contributed by atoms with E-state index in [-0.39, 0.29) is 28.5 Å². The first kappa shape index (κ1) is 19.9. The topological polar surface area (TPSA) is 106 Å². The third-order valence-electron chi connectivity index (χ3n) is 3.73. The van der Waals surface area contributed by atoms with Crippen LogP contribution >= 0.6 is 34.5 Å². The smallest absolute Gasteiger partial charge is 0.350 e. The highest BCUT2D eigenvalue weighted by Crippen LogP contribution is 2.31. The van der Waals surface area contributed by atoms with Gasteiger partial charge in [0.25, 0.3) is 5.69 Å². The summed E-state index contributed by atoms with van der Waals surface area (Å²) in [6.07, 6.45) is -0.200. The van der Waals surface area contributed by atoms with Crippen LogP contribution in [0.15, 0.2) is 52.8 Å². The standard InChI is InChI=1S/C18H11Cl2N3O4S/c19-12-6-5-10(7-13(12)20)15-9-28-18(22-15)21-14(17(24)25)8-11-3-1-2-4-16(11)23(26)27/h1-7,9H,8H2,(H,24,25). The quantitative estimate of drug-likeness (QED) is 0.315. The van der Waals surface area contributed by atoms with Gasteiger partial charge in [0.05, 0.1) is 20.7 Å². The van der Waals surface area contributed by atoms with Crippen LogP contribution in [0.5, 0.6) is 0 Å². The summed E-state index contributed by atoms with van der Waals surface area (Å²) in [5.41, 5.74) is 1.13. The highest BCUT2D eigenvalue weighted by atomic mass is 35.5. The van der Waals surface area contributed by atoms with Gasteiger partial charge >= 0.3 is 5.97 Å². The maximum Gasteiger partial charge on any atom is 0.350 e. The first-order chi connectivity index (χ1) is 13.3. The third kappa shape index (κ3) is 4.53. The molecular weight excluding hydrogens is 425 g/mol. The van der Waals surface area contributed by atoms with Gasteiger partial charge in [-0.15, -0.1) is 11.3 Å². The van der Waals surface area contributed by atoms with Crippen molar-refractivity contribution in [2.75, 3.05) is 0 Å². The molecule has 3 aromatic rings. The normalized spacial score (nSPS) is 11.4. The number of benzene rings is 2. The highest BCUT2D eigenvalue weighted by molar-refractivity contribution is 7.13. The number of carbonyl (C=O) groups is 1. The Hall–Kier alpha value is -2.81. The molecule has 3 rings (SSSR count). The molecule has 142 valence electrons. The lowest BCUT2D eigenvalue weighted by molar-refractivity contribution is -0.385. The molecule has 1 heterocycles. The zero-order valence-corrected chi connectivity index (χ0v) is 16.3. The van der Waals surface area contributed by atoms with E-state index in [1.807, 2.05) is 0 Å². The molecule has 0 aliphatic heterocycles. The second-order valence-electron chi connectivity index (χ2n) is 5.57. The second kappa shape index (κ2) is 8.47. The van der Waals surface area contributed by atoms with Crippen molar-refractivity contribution in [1.29, 1.82) is 0 Å². The van der Waals surface area contributed by atoms with E-state index < -0.39 is 10.9 Å². The monoisotopic (exact) mass is 435 g/mol. The van der Waals surface area contributed by atoms with Gasteiger partial charge in [0.2, 0.25) is 5.13 Å². The van der Waals surface area contributed by atoms with Crippen LogP contribution in [0.4, 0.5) is 10.8 Å². The summed E-state index contributed by atoms with van der Waals surface area (Å²) in [4.78, 5) is 30.6. The van der Waals surface area contributed by atoms with Crippen LogP contribution in [0.25, 0.3) is 11.3 Å². The fourth-order valence-corrected chi connectivity index (χ4v) is 3.42. The summed E-state index contributed by atoms with van der Waals surface area (Å²) in [6, 6.07) is 11.0. The third-order valence-corrected chi connectivity index (χ3v) is 5.20. The fourth-order valence-electron chi connectivity index (χ4n) is 2.40. The Morgan fingerprint density at radius 2 is 1.96 bits per heavy atom. The number of nitrogens with zero attached hydrogens (tertiary/aromatic N) is 3. The Morgan fingerprint density at radius 3 is 2.64 bits per heavy atom. The summed E-state index contributed by atoms with van der Waals surface area (Å²) < 4.78 is 0. The number of rotatable bonds is 6. The summed E-state index contributed by atoms with van der Waals surface area (Å²) in [5, 5.41) is 23.3.